The van der Waals surface area contributed by atoms with Gasteiger partial charge >= 0.3 is 11.9 Å². The van der Waals surface area contributed by atoms with Crippen molar-refractivity contribution in [3.63, 3.8) is 0 Å². The van der Waals surface area contributed by atoms with E-state index in [0.29, 0.717) is 18.2 Å². The number of sulfonamides is 1. The monoisotopic (exact) mass is 323 g/mol. The molecule has 0 heterocycles. The maximum absolute atomic E-state index is 13.0. The Morgan fingerprint density at radius 2 is 1.67 bits per heavy atom. The quantitative estimate of drug-likeness (QED) is 0.674. The van der Waals surface area contributed by atoms with E-state index >= 15 is 0 Å². The molecule has 0 unspecified atom stereocenters. The number of carboxylic acid groups (broad SMARTS) is 2. The summed E-state index contributed by atoms with van der Waals surface area (Å²) in [5.41, 5.74) is 0. The molecule has 0 amide bonds. The van der Waals surface area contributed by atoms with Crippen molar-refractivity contribution < 1.29 is 37.0 Å². The Balaban J connectivity index is 3.00. The number of carboxylic acids is 2. The first-order valence-electron chi connectivity index (χ1n) is 5.55. The van der Waals surface area contributed by atoms with E-state index in [1.54, 1.807) is 4.72 Å². The summed E-state index contributed by atoms with van der Waals surface area (Å²) in [6.07, 6.45) is -1.10. The highest BCUT2D eigenvalue weighted by Crippen LogP contribution is 2.14. The molecule has 10 heteroatoms. The maximum atomic E-state index is 13.0. The fourth-order valence-corrected chi connectivity index (χ4v) is 2.70. The van der Waals surface area contributed by atoms with Crippen molar-refractivity contribution in [1.82, 2.24) is 4.72 Å². The minimum Gasteiger partial charge on any atom is -0.481 e. The highest BCUT2D eigenvalue weighted by molar-refractivity contribution is 7.89. The lowest BCUT2D eigenvalue weighted by Gasteiger charge is -2.14. The number of carbonyl (C=O) groups is 2. The van der Waals surface area contributed by atoms with Gasteiger partial charge in [-0.25, -0.2) is 17.2 Å². The van der Waals surface area contributed by atoms with Gasteiger partial charge in [-0.2, -0.15) is 4.72 Å². The van der Waals surface area contributed by atoms with Gasteiger partial charge in [0.2, 0.25) is 10.0 Å². The summed E-state index contributed by atoms with van der Waals surface area (Å²) in [4.78, 5) is 20.5. The number of nitrogens with one attached hydrogen (secondary N) is 1. The Hall–Kier alpha value is -2.07. The molecule has 1 rings (SSSR count). The molecule has 1 aromatic rings. The summed E-state index contributed by atoms with van der Waals surface area (Å²) in [7, 11) is -4.50. The van der Waals surface area contributed by atoms with Gasteiger partial charge in [-0.1, -0.05) is 0 Å². The van der Waals surface area contributed by atoms with Crippen molar-refractivity contribution in [3.8, 4) is 0 Å². The van der Waals surface area contributed by atoms with E-state index in [2.05, 4.69) is 0 Å². The first-order chi connectivity index (χ1) is 9.61. The van der Waals surface area contributed by atoms with E-state index in [1.165, 1.54) is 0 Å². The second kappa shape index (κ2) is 6.59. The average molecular weight is 323 g/mol. The second-order valence-electron chi connectivity index (χ2n) is 4.05. The topological polar surface area (TPSA) is 121 Å². The standard InChI is InChI=1S/C11H11F2NO6S/c12-6-3-7(13)5-8(4-6)21(19,20)14-9(11(17)18)1-2-10(15)16/h3-5,9,14H,1-2H2,(H,15,16)(H,17,18)/t9-/m0/s1. The van der Waals surface area contributed by atoms with E-state index in [9.17, 15) is 26.8 Å². The van der Waals surface area contributed by atoms with Crippen LogP contribution >= 0.6 is 0 Å². The normalized spacial score (nSPS) is 12.9. The molecule has 1 aromatic carbocycles. The zero-order valence-corrected chi connectivity index (χ0v) is 11.2. The van der Waals surface area contributed by atoms with Crippen molar-refractivity contribution in [2.24, 2.45) is 0 Å². The predicted octanol–water partition coefficient (Wildman–Crippen LogP) is 0.561. The lowest BCUT2D eigenvalue weighted by molar-refractivity contribution is -0.140. The zero-order valence-electron chi connectivity index (χ0n) is 10.4. The SMILES string of the molecule is O=C(O)CC[C@H](NS(=O)(=O)c1cc(F)cc(F)c1)C(=O)O. The van der Waals surface area contributed by atoms with E-state index in [-0.39, 0.29) is 0 Å². The number of hydrogen-bond donors (Lipinski definition) is 3. The third kappa shape index (κ3) is 5.08. The van der Waals surface area contributed by atoms with Crippen molar-refractivity contribution in [2.45, 2.75) is 23.8 Å². The molecule has 0 spiro atoms. The van der Waals surface area contributed by atoms with Crippen LogP contribution in [0.5, 0.6) is 0 Å². The van der Waals surface area contributed by atoms with Crippen LogP contribution in [0.25, 0.3) is 0 Å². The van der Waals surface area contributed by atoms with Crippen LogP contribution in [0.4, 0.5) is 8.78 Å². The van der Waals surface area contributed by atoms with Gasteiger partial charge in [0, 0.05) is 12.5 Å². The van der Waals surface area contributed by atoms with E-state index in [4.69, 9.17) is 10.2 Å². The van der Waals surface area contributed by atoms with Gasteiger partial charge in [-0.15, -0.1) is 0 Å². The van der Waals surface area contributed by atoms with Crippen LogP contribution in [0.1, 0.15) is 12.8 Å². The molecule has 0 fully saturated rings. The molecule has 116 valence electrons. The number of aliphatic carboxylic acids is 2. The van der Waals surface area contributed by atoms with Crippen LogP contribution < -0.4 is 4.72 Å². The zero-order chi connectivity index (χ0) is 16.2. The number of hydrogen-bond acceptors (Lipinski definition) is 4. The molecule has 3 N–H and O–H groups in total. The van der Waals surface area contributed by atoms with Gasteiger partial charge in [0.1, 0.15) is 17.7 Å². The summed E-state index contributed by atoms with van der Waals surface area (Å²) in [5, 5.41) is 17.3. The molecule has 0 aliphatic rings. The minimum absolute atomic E-state index is 0.456. The molecule has 0 aliphatic carbocycles. The molecule has 0 saturated carbocycles. The van der Waals surface area contributed by atoms with Gasteiger partial charge < -0.3 is 10.2 Å². The van der Waals surface area contributed by atoms with Gasteiger partial charge in [-0.05, 0) is 18.6 Å². The molecule has 0 radical (unpaired) electrons. The Bertz CT molecular complexity index is 640. The van der Waals surface area contributed by atoms with E-state index in [0.717, 1.165) is 0 Å². The average Bonchev–Trinajstić information content (AvgIpc) is 2.32. The summed E-state index contributed by atoms with van der Waals surface area (Å²) < 4.78 is 51.3. The van der Waals surface area contributed by atoms with Crippen LogP contribution in [0.2, 0.25) is 0 Å². The highest BCUT2D eigenvalue weighted by Gasteiger charge is 2.26. The summed E-state index contributed by atoms with van der Waals surface area (Å²) in [6, 6.07) is -0.237. The van der Waals surface area contributed by atoms with Crippen LogP contribution in [0, 0.1) is 11.6 Å². The Labute approximate surface area is 118 Å². The Morgan fingerprint density at radius 3 is 2.10 bits per heavy atom. The van der Waals surface area contributed by atoms with Crippen molar-refractivity contribution >= 4 is 22.0 Å². The first kappa shape index (κ1) is 17.0. The molecule has 0 bridgehead atoms. The van der Waals surface area contributed by atoms with Crippen molar-refractivity contribution in [2.75, 3.05) is 0 Å². The lowest BCUT2D eigenvalue weighted by atomic mass is 10.2. The summed E-state index contributed by atoms with van der Waals surface area (Å²) in [6.45, 7) is 0. The van der Waals surface area contributed by atoms with Gasteiger partial charge in [-0.3, -0.25) is 9.59 Å². The molecule has 0 aliphatic heterocycles. The minimum atomic E-state index is -4.50. The number of halogens is 2. The maximum Gasteiger partial charge on any atom is 0.321 e. The molecule has 7 nitrogen and oxygen atoms in total. The third-order valence-electron chi connectivity index (χ3n) is 2.39. The number of rotatable bonds is 7. The van der Waals surface area contributed by atoms with Gasteiger partial charge in [0.15, 0.2) is 0 Å². The van der Waals surface area contributed by atoms with Crippen molar-refractivity contribution in [3.05, 3.63) is 29.8 Å². The van der Waals surface area contributed by atoms with Crippen LogP contribution in [-0.2, 0) is 19.6 Å². The summed E-state index contributed by atoms with van der Waals surface area (Å²) in [5.74, 6) is -5.20. The van der Waals surface area contributed by atoms with Crippen LogP contribution in [-0.4, -0.2) is 36.6 Å². The van der Waals surface area contributed by atoms with E-state index < -0.39 is 57.4 Å². The van der Waals surface area contributed by atoms with Gasteiger partial charge in [0.05, 0.1) is 4.90 Å². The van der Waals surface area contributed by atoms with Crippen LogP contribution in [0.15, 0.2) is 23.1 Å². The third-order valence-corrected chi connectivity index (χ3v) is 3.84. The molecular weight excluding hydrogens is 312 g/mol. The largest absolute Gasteiger partial charge is 0.481 e. The smallest absolute Gasteiger partial charge is 0.321 e. The predicted molar refractivity (Wildman–Crippen MR) is 65.0 cm³/mol. The first-order valence-corrected chi connectivity index (χ1v) is 7.03. The lowest BCUT2D eigenvalue weighted by Crippen LogP contribution is -2.41. The highest BCUT2D eigenvalue weighted by atomic mass is 32.2. The number of benzene rings is 1. The van der Waals surface area contributed by atoms with E-state index in [1.807, 2.05) is 0 Å². The molecule has 0 saturated heterocycles. The molecule has 1 atom stereocenters. The van der Waals surface area contributed by atoms with Gasteiger partial charge in [0.25, 0.3) is 0 Å². The summed E-state index contributed by atoms with van der Waals surface area (Å²) >= 11 is 0. The second-order valence-corrected chi connectivity index (χ2v) is 5.76. The molecule has 21 heavy (non-hydrogen) atoms. The van der Waals surface area contributed by atoms with Crippen LogP contribution in [0.3, 0.4) is 0 Å². The fourth-order valence-electron chi connectivity index (χ4n) is 1.44. The molecular formula is C11H11F2NO6S. The van der Waals surface area contributed by atoms with Crippen molar-refractivity contribution in [1.29, 1.82) is 0 Å². The fraction of sp³-hybridized carbons (Fsp3) is 0.273. The Morgan fingerprint density at radius 1 is 1.14 bits per heavy atom. The Kier molecular flexibility index (Phi) is 5.33. The molecule has 0 aromatic heterocycles.